The SMILES string of the molecule is CCc1cc(C(=O)OC(C)(C)C)cc(CC(C)C)n1. The van der Waals surface area contributed by atoms with E-state index in [1.54, 1.807) is 0 Å². The summed E-state index contributed by atoms with van der Waals surface area (Å²) in [7, 11) is 0. The highest BCUT2D eigenvalue weighted by Crippen LogP contribution is 2.16. The van der Waals surface area contributed by atoms with Crippen molar-refractivity contribution in [3.63, 3.8) is 0 Å². The van der Waals surface area contributed by atoms with Crippen LogP contribution in [0.3, 0.4) is 0 Å². The molecule has 0 aliphatic carbocycles. The Bertz CT molecular complexity index is 445. The molecule has 19 heavy (non-hydrogen) atoms. The molecule has 1 aromatic rings. The van der Waals surface area contributed by atoms with E-state index in [1.807, 2.05) is 39.8 Å². The molecule has 1 rings (SSSR count). The Morgan fingerprint density at radius 2 is 1.84 bits per heavy atom. The van der Waals surface area contributed by atoms with E-state index in [0.29, 0.717) is 11.5 Å². The van der Waals surface area contributed by atoms with Gasteiger partial charge in [0.15, 0.2) is 0 Å². The van der Waals surface area contributed by atoms with E-state index in [2.05, 4.69) is 18.8 Å². The monoisotopic (exact) mass is 263 g/mol. The number of aromatic nitrogens is 1. The van der Waals surface area contributed by atoms with Crippen LogP contribution >= 0.6 is 0 Å². The van der Waals surface area contributed by atoms with Crippen molar-refractivity contribution in [1.29, 1.82) is 0 Å². The minimum Gasteiger partial charge on any atom is -0.456 e. The number of rotatable bonds is 4. The minimum absolute atomic E-state index is 0.269. The van der Waals surface area contributed by atoms with E-state index in [0.717, 1.165) is 24.2 Å². The fraction of sp³-hybridized carbons (Fsp3) is 0.625. The third-order valence-corrected chi connectivity index (χ3v) is 2.55. The van der Waals surface area contributed by atoms with E-state index in [9.17, 15) is 4.79 Å². The molecule has 0 amide bonds. The van der Waals surface area contributed by atoms with Gasteiger partial charge in [-0.1, -0.05) is 20.8 Å². The average molecular weight is 263 g/mol. The summed E-state index contributed by atoms with van der Waals surface area (Å²) in [6.45, 7) is 12.0. The fourth-order valence-electron chi connectivity index (χ4n) is 1.81. The molecule has 0 aliphatic rings. The highest BCUT2D eigenvalue weighted by molar-refractivity contribution is 5.89. The molecule has 0 saturated carbocycles. The number of hydrogen-bond acceptors (Lipinski definition) is 3. The molecule has 0 N–H and O–H groups in total. The summed E-state index contributed by atoms with van der Waals surface area (Å²) in [6.07, 6.45) is 1.70. The molecule has 3 nitrogen and oxygen atoms in total. The van der Waals surface area contributed by atoms with Crippen molar-refractivity contribution < 1.29 is 9.53 Å². The normalized spacial score (nSPS) is 11.7. The zero-order valence-electron chi connectivity index (χ0n) is 12.9. The highest BCUT2D eigenvalue weighted by atomic mass is 16.6. The number of pyridine rings is 1. The van der Waals surface area contributed by atoms with Crippen LogP contribution in [0.1, 0.15) is 63.3 Å². The first-order valence-corrected chi connectivity index (χ1v) is 6.94. The molecule has 0 radical (unpaired) electrons. The lowest BCUT2D eigenvalue weighted by atomic mass is 10.0. The van der Waals surface area contributed by atoms with Crippen LogP contribution in [0.4, 0.5) is 0 Å². The van der Waals surface area contributed by atoms with Crippen LogP contribution < -0.4 is 0 Å². The quantitative estimate of drug-likeness (QED) is 0.776. The summed E-state index contributed by atoms with van der Waals surface area (Å²) in [5, 5.41) is 0. The standard InChI is InChI=1S/C16H25NO2/c1-7-13-9-12(15(18)19-16(4,5)6)10-14(17-13)8-11(2)3/h9-11H,7-8H2,1-6H3. The van der Waals surface area contributed by atoms with Gasteiger partial charge < -0.3 is 4.74 Å². The third kappa shape index (κ3) is 5.41. The number of aryl methyl sites for hydroxylation is 1. The lowest BCUT2D eigenvalue weighted by Crippen LogP contribution is -2.24. The van der Waals surface area contributed by atoms with Crippen LogP contribution in [0, 0.1) is 5.92 Å². The van der Waals surface area contributed by atoms with Gasteiger partial charge in [-0.25, -0.2) is 4.79 Å². The van der Waals surface area contributed by atoms with E-state index < -0.39 is 5.60 Å². The second kappa shape index (κ2) is 6.18. The Kier molecular flexibility index (Phi) is 5.10. The largest absolute Gasteiger partial charge is 0.456 e. The van der Waals surface area contributed by atoms with Gasteiger partial charge in [0.2, 0.25) is 0 Å². The maximum absolute atomic E-state index is 12.1. The van der Waals surface area contributed by atoms with E-state index in [1.165, 1.54) is 0 Å². The molecule has 0 unspecified atom stereocenters. The average Bonchev–Trinajstić information content (AvgIpc) is 2.25. The number of carbonyl (C=O) groups excluding carboxylic acids is 1. The second-order valence-electron chi connectivity index (χ2n) is 6.29. The van der Waals surface area contributed by atoms with Crippen LogP contribution in [-0.4, -0.2) is 16.6 Å². The Hall–Kier alpha value is -1.38. The Morgan fingerprint density at radius 3 is 2.32 bits per heavy atom. The molecular formula is C16H25NO2. The van der Waals surface area contributed by atoms with Gasteiger partial charge in [-0.2, -0.15) is 0 Å². The van der Waals surface area contributed by atoms with E-state index >= 15 is 0 Å². The van der Waals surface area contributed by atoms with Crippen molar-refractivity contribution in [1.82, 2.24) is 4.98 Å². The summed E-state index contributed by atoms with van der Waals surface area (Å²) < 4.78 is 5.42. The first kappa shape index (κ1) is 15.7. The van der Waals surface area contributed by atoms with Gasteiger partial charge in [0, 0.05) is 11.4 Å². The van der Waals surface area contributed by atoms with Gasteiger partial charge in [0.1, 0.15) is 5.60 Å². The lowest BCUT2D eigenvalue weighted by molar-refractivity contribution is 0.00691. The smallest absolute Gasteiger partial charge is 0.338 e. The van der Waals surface area contributed by atoms with Crippen molar-refractivity contribution in [2.24, 2.45) is 5.92 Å². The van der Waals surface area contributed by atoms with Crippen LogP contribution in [0.25, 0.3) is 0 Å². The molecule has 1 heterocycles. The van der Waals surface area contributed by atoms with Crippen LogP contribution in [0.15, 0.2) is 12.1 Å². The molecular weight excluding hydrogens is 238 g/mol. The summed E-state index contributed by atoms with van der Waals surface area (Å²) in [6, 6.07) is 3.69. The molecule has 0 atom stereocenters. The number of carbonyl (C=O) groups is 1. The van der Waals surface area contributed by atoms with Crippen molar-refractivity contribution in [3.8, 4) is 0 Å². The zero-order chi connectivity index (χ0) is 14.6. The van der Waals surface area contributed by atoms with Gasteiger partial charge in [0.05, 0.1) is 5.56 Å². The van der Waals surface area contributed by atoms with Gasteiger partial charge >= 0.3 is 5.97 Å². The van der Waals surface area contributed by atoms with E-state index in [4.69, 9.17) is 4.74 Å². The van der Waals surface area contributed by atoms with Crippen molar-refractivity contribution >= 4 is 5.97 Å². The molecule has 1 aromatic heterocycles. The van der Waals surface area contributed by atoms with Crippen molar-refractivity contribution in [3.05, 3.63) is 29.1 Å². The number of nitrogens with zero attached hydrogens (tertiary/aromatic N) is 1. The first-order chi connectivity index (χ1) is 8.71. The summed E-state index contributed by atoms with van der Waals surface area (Å²) in [5.74, 6) is 0.251. The van der Waals surface area contributed by atoms with Gasteiger partial charge in [0.25, 0.3) is 0 Å². The number of ether oxygens (including phenoxy) is 1. The van der Waals surface area contributed by atoms with E-state index in [-0.39, 0.29) is 5.97 Å². The minimum atomic E-state index is -0.467. The van der Waals surface area contributed by atoms with Gasteiger partial charge in [-0.3, -0.25) is 4.98 Å². The first-order valence-electron chi connectivity index (χ1n) is 6.94. The predicted octanol–water partition coefficient (Wildman–Crippen LogP) is 3.80. The molecule has 0 saturated heterocycles. The maximum atomic E-state index is 12.1. The van der Waals surface area contributed by atoms with Crippen LogP contribution in [-0.2, 0) is 17.6 Å². The topological polar surface area (TPSA) is 39.2 Å². The Balaban J connectivity index is 3.02. The molecule has 0 aliphatic heterocycles. The Labute approximate surface area is 116 Å². The second-order valence-corrected chi connectivity index (χ2v) is 6.29. The Morgan fingerprint density at radius 1 is 1.26 bits per heavy atom. The summed E-state index contributed by atoms with van der Waals surface area (Å²) >= 11 is 0. The molecule has 0 spiro atoms. The van der Waals surface area contributed by atoms with Crippen molar-refractivity contribution in [2.75, 3.05) is 0 Å². The number of esters is 1. The van der Waals surface area contributed by atoms with Gasteiger partial charge in [-0.05, 0) is 51.7 Å². The zero-order valence-corrected chi connectivity index (χ0v) is 12.9. The molecule has 106 valence electrons. The molecule has 0 bridgehead atoms. The predicted molar refractivity (Wildman–Crippen MR) is 77.3 cm³/mol. The molecule has 0 fully saturated rings. The maximum Gasteiger partial charge on any atom is 0.338 e. The lowest BCUT2D eigenvalue weighted by Gasteiger charge is -2.20. The van der Waals surface area contributed by atoms with Crippen molar-refractivity contribution in [2.45, 2.75) is 60.0 Å². The summed E-state index contributed by atoms with van der Waals surface area (Å²) in [4.78, 5) is 16.7. The fourth-order valence-corrected chi connectivity index (χ4v) is 1.81. The molecule has 3 heteroatoms. The number of hydrogen-bond donors (Lipinski definition) is 0. The van der Waals surface area contributed by atoms with Crippen LogP contribution in [0.2, 0.25) is 0 Å². The third-order valence-electron chi connectivity index (χ3n) is 2.55. The highest BCUT2D eigenvalue weighted by Gasteiger charge is 2.19. The van der Waals surface area contributed by atoms with Gasteiger partial charge in [-0.15, -0.1) is 0 Å². The summed E-state index contributed by atoms with van der Waals surface area (Å²) in [5.41, 5.74) is 2.05. The van der Waals surface area contributed by atoms with Crippen LogP contribution in [0.5, 0.6) is 0 Å². The molecule has 0 aromatic carbocycles.